The van der Waals surface area contributed by atoms with E-state index in [4.69, 9.17) is 4.74 Å². The van der Waals surface area contributed by atoms with Gasteiger partial charge in [-0.3, -0.25) is 0 Å². The van der Waals surface area contributed by atoms with E-state index in [0.29, 0.717) is 6.61 Å². The van der Waals surface area contributed by atoms with Crippen LogP contribution in [0.1, 0.15) is 28.7 Å². The van der Waals surface area contributed by atoms with Gasteiger partial charge in [-0.2, -0.15) is 0 Å². The largest absolute Gasteiger partial charge is 0.369 e. The van der Waals surface area contributed by atoms with E-state index in [1.807, 2.05) is 0 Å². The van der Waals surface area contributed by atoms with E-state index in [9.17, 15) is 0 Å². The SMILES string of the molecule is Cc1cccc2c1/C(=c1/c3ccccc3n3cccc13)[C@@H](OCc1ccccc1)CC2. The molecule has 6 rings (SSSR count). The number of fused-ring (bicyclic) bond motifs is 4. The van der Waals surface area contributed by atoms with E-state index in [1.165, 1.54) is 49.5 Å². The first-order valence-electron chi connectivity index (χ1n) is 11.1. The van der Waals surface area contributed by atoms with E-state index in [1.54, 1.807) is 0 Å². The Morgan fingerprint density at radius 1 is 0.839 bits per heavy atom. The summed E-state index contributed by atoms with van der Waals surface area (Å²) in [6.45, 7) is 2.87. The average Bonchev–Trinajstić information content (AvgIpc) is 3.39. The maximum atomic E-state index is 6.65. The van der Waals surface area contributed by atoms with Gasteiger partial charge in [-0.25, -0.2) is 0 Å². The molecule has 1 aliphatic rings. The van der Waals surface area contributed by atoms with E-state index in [-0.39, 0.29) is 6.10 Å². The zero-order valence-electron chi connectivity index (χ0n) is 17.7. The van der Waals surface area contributed by atoms with Crippen molar-refractivity contribution in [3.8, 4) is 0 Å². The van der Waals surface area contributed by atoms with Gasteiger partial charge in [-0.05, 0) is 65.8 Å². The molecule has 3 aromatic carbocycles. The molecule has 0 radical (unpaired) electrons. The summed E-state index contributed by atoms with van der Waals surface area (Å²) >= 11 is 0. The molecule has 0 amide bonds. The van der Waals surface area contributed by atoms with Gasteiger partial charge < -0.3 is 9.14 Å². The average molecular weight is 404 g/mol. The van der Waals surface area contributed by atoms with Crippen LogP contribution in [0, 0.1) is 6.92 Å². The predicted molar refractivity (Wildman–Crippen MR) is 127 cm³/mol. The van der Waals surface area contributed by atoms with Crippen LogP contribution in [-0.2, 0) is 17.8 Å². The number of benzene rings is 3. The van der Waals surface area contributed by atoms with Crippen molar-refractivity contribution >= 4 is 22.0 Å². The van der Waals surface area contributed by atoms with Crippen molar-refractivity contribution in [1.29, 1.82) is 0 Å². The number of hydrogen-bond acceptors (Lipinski definition) is 1. The fourth-order valence-electron chi connectivity index (χ4n) is 5.25. The third-order valence-electron chi connectivity index (χ3n) is 6.63. The van der Waals surface area contributed by atoms with Crippen molar-refractivity contribution in [3.05, 3.63) is 119 Å². The lowest BCUT2D eigenvalue weighted by Gasteiger charge is -2.30. The fraction of sp³-hybridized carbons (Fsp3) is 0.172. The molecule has 1 atom stereocenters. The Bertz CT molecular complexity index is 1440. The molecule has 2 heterocycles. The Balaban J connectivity index is 1.64. The summed E-state index contributed by atoms with van der Waals surface area (Å²) in [5.74, 6) is 0. The molecule has 2 aromatic heterocycles. The lowest BCUT2D eigenvalue weighted by Crippen LogP contribution is -2.28. The summed E-state index contributed by atoms with van der Waals surface area (Å²) < 4.78 is 8.96. The molecular formula is C29H25NO. The highest BCUT2D eigenvalue weighted by Gasteiger charge is 2.28. The van der Waals surface area contributed by atoms with Crippen LogP contribution < -0.4 is 5.22 Å². The van der Waals surface area contributed by atoms with E-state index in [0.717, 1.165) is 12.8 Å². The Morgan fingerprint density at radius 2 is 1.65 bits per heavy atom. The smallest absolute Gasteiger partial charge is 0.0845 e. The molecule has 0 saturated heterocycles. The number of para-hydroxylation sites is 1. The van der Waals surface area contributed by atoms with Gasteiger partial charge in [0.2, 0.25) is 0 Å². The molecule has 0 bridgehead atoms. The lowest BCUT2D eigenvalue weighted by molar-refractivity contribution is 0.0708. The molecule has 0 unspecified atom stereocenters. The predicted octanol–water partition coefficient (Wildman–Crippen LogP) is 5.85. The quantitative estimate of drug-likeness (QED) is 0.368. The Morgan fingerprint density at radius 3 is 2.55 bits per heavy atom. The number of nitrogens with zero attached hydrogens (tertiary/aromatic N) is 1. The van der Waals surface area contributed by atoms with Gasteiger partial charge in [0.15, 0.2) is 0 Å². The first-order valence-corrected chi connectivity index (χ1v) is 11.1. The van der Waals surface area contributed by atoms with Gasteiger partial charge in [0.05, 0.1) is 23.7 Å². The molecule has 0 N–H and O–H groups in total. The third kappa shape index (κ3) is 2.98. The van der Waals surface area contributed by atoms with Crippen LogP contribution in [-0.4, -0.2) is 10.5 Å². The number of hydrogen-bond donors (Lipinski definition) is 0. The number of aromatic nitrogens is 1. The summed E-state index contributed by atoms with van der Waals surface area (Å²) in [5.41, 5.74) is 9.23. The molecule has 2 nitrogen and oxygen atoms in total. The van der Waals surface area contributed by atoms with Crippen molar-refractivity contribution in [2.45, 2.75) is 32.5 Å². The second-order valence-electron chi connectivity index (χ2n) is 8.50. The normalized spacial score (nSPS) is 17.9. The lowest BCUT2D eigenvalue weighted by atomic mass is 9.81. The van der Waals surface area contributed by atoms with Crippen LogP contribution in [0.2, 0.25) is 0 Å². The zero-order chi connectivity index (χ0) is 20.8. The topological polar surface area (TPSA) is 13.6 Å². The van der Waals surface area contributed by atoms with Crippen LogP contribution in [0.5, 0.6) is 0 Å². The Hall–Kier alpha value is -3.36. The standard InChI is InChI=1S/C29H25NO/c1-20-9-7-12-22-16-17-26(31-19-21-10-3-2-4-11-21)29(27(20)22)28-23-13-5-6-14-24(23)30-18-8-15-25(28)30/h2-15,18,26H,16-17,19H2,1H3/b29-28-/t26-/m0/s1. The first kappa shape index (κ1) is 18.4. The highest BCUT2D eigenvalue weighted by Crippen LogP contribution is 2.35. The van der Waals surface area contributed by atoms with Gasteiger partial charge in [0.1, 0.15) is 0 Å². The minimum atomic E-state index is 0.0679. The van der Waals surface area contributed by atoms with E-state index >= 15 is 0 Å². The second-order valence-corrected chi connectivity index (χ2v) is 8.50. The van der Waals surface area contributed by atoms with E-state index in [2.05, 4.69) is 102 Å². The number of aryl methyl sites for hydroxylation is 2. The van der Waals surface area contributed by atoms with Crippen LogP contribution >= 0.6 is 0 Å². The second kappa shape index (κ2) is 7.40. The molecule has 0 aliphatic heterocycles. The Labute approximate surface area is 182 Å². The first-order chi connectivity index (χ1) is 15.3. The van der Waals surface area contributed by atoms with E-state index < -0.39 is 0 Å². The number of rotatable bonds is 3. The molecule has 152 valence electrons. The van der Waals surface area contributed by atoms with Crippen molar-refractivity contribution in [2.24, 2.45) is 0 Å². The van der Waals surface area contributed by atoms with Crippen molar-refractivity contribution in [2.75, 3.05) is 0 Å². The van der Waals surface area contributed by atoms with Gasteiger partial charge in [0.25, 0.3) is 0 Å². The molecule has 5 aromatic rings. The van der Waals surface area contributed by atoms with Crippen molar-refractivity contribution < 1.29 is 4.74 Å². The van der Waals surface area contributed by atoms with Crippen LogP contribution in [0.15, 0.2) is 91.1 Å². The third-order valence-corrected chi connectivity index (χ3v) is 6.63. The summed E-state index contributed by atoms with van der Waals surface area (Å²) in [5, 5.41) is 2.63. The van der Waals surface area contributed by atoms with Crippen LogP contribution in [0.3, 0.4) is 0 Å². The molecule has 0 saturated carbocycles. The maximum absolute atomic E-state index is 6.65. The highest BCUT2D eigenvalue weighted by atomic mass is 16.5. The van der Waals surface area contributed by atoms with Gasteiger partial charge >= 0.3 is 0 Å². The minimum absolute atomic E-state index is 0.0679. The molecule has 0 fully saturated rings. The Kier molecular flexibility index (Phi) is 4.40. The fourth-order valence-corrected chi connectivity index (χ4v) is 5.25. The van der Waals surface area contributed by atoms with Crippen LogP contribution in [0.4, 0.5) is 0 Å². The van der Waals surface area contributed by atoms with Gasteiger partial charge in [-0.1, -0.05) is 66.7 Å². The summed E-state index contributed by atoms with van der Waals surface area (Å²) in [7, 11) is 0. The monoisotopic (exact) mass is 403 g/mol. The zero-order valence-corrected chi connectivity index (χ0v) is 17.7. The van der Waals surface area contributed by atoms with Crippen molar-refractivity contribution in [3.63, 3.8) is 0 Å². The van der Waals surface area contributed by atoms with Gasteiger partial charge in [-0.15, -0.1) is 0 Å². The molecular weight excluding hydrogens is 378 g/mol. The highest BCUT2D eigenvalue weighted by molar-refractivity contribution is 5.94. The summed E-state index contributed by atoms with van der Waals surface area (Å²) in [6.07, 6.45) is 4.29. The summed E-state index contributed by atoms with van der Waals surface area (Å²) in [6, 6.07) is 30.3. The van der Waals surface area contributed by atoms with Gasteiger partial charge in [0, 0.05) is 16.8 Å². The molecule has 0 spiro atoms. The molecule has 2 heteroatoms. The molecule has 31 heavy (non-hydrogen) atoms. The maximum Gasteiger partial charge on any atom is 0.0845 e. The van der Waals surface area contributed by atoms with Crippen LogP contribution in [0.25, 0.3) is 22.0 Å². The minimum Gasteiger partial charge on any atom is -0.369 e. The molecule has 1 aliphatic carbocycles. The van der Waals surface area contributed by atoms with Crippen molar-refractivity contribution in [1.82, 2.24) is 4.40 Å². The summed E-state index contributed by atoms with van der Waals surface area (Å²) in [4.78, 5) is 0. The number of ether oxygens (including phenoxy) is 1.